The molecule has 0 spiro atoms. The number of aryl methyl sites for hydroxylation is 2. The predicted octanol–water partition coefficient (Wildman–Crippen LogP) is 2.06. The molecule has 9 heteroatoms. The van der Waals surface area contributed by atoms with E-state index in [1.807, 2.05) is 0 Å². The molecule has 0 bridgehead atoms. The van der Waals surface area contributed by atoms with Crippen LogP contribution in [0, 0.1) is 13.8 Å². The van der Waals surface area contributed by atoms with Crippen molar-refractivity contribution in [3.8, 4) is 0 Å². The summed E-state index contributed by atoms with van der Waals surface area (Å²) in [6.45, 7) is 4.12. The molecule has 0 saturated heterocycles. The summed E-state index contributed by atoms with van der Waals surface area (Å²) >= 11 is 0. The Morgan fingerprint density at radius 3 is 2.46 bits per heavy atom. The molecule has 0 atom stereocenters. The van der Waals surface area contributed by atoms with Crippen LogP contribution in [0.4, 0.5) is 19.0 Å². The highest BCUT2D eigenvalue weighted by molar-refractivity contribution is 5.36. The summed E-state index contributed by atoms with van der Waals surface area (Å²) in [5.41, 5.74) is 5.69. The lowest BCUT2D eigenvalue weighted by Crippen LogP contribution is -2.15. The van der Waals surface area contributed by atoms with Crippen molar-refractivity contribution in [1.29, 1.82) is 0 Å². The number of nitrogens with zero attached hydrogens (tertiary/aromatic N) is 4. The molecule has 0 aliphatic carbocycles. The Morgan fingerprint density at radius 2 is 1.79 bits per heavy atom. The van der Waals surface area contributed by atoms with E-state index in [0.29, 0.717) is 31.2 Å². The third-order valence-corrected chi connectivity index (χ3v) is 3.14. The normalized spacial score (nSPS) is 11.6. The standard InChI is InChI=1S/C15H19F3N6/c1-9-7-12(15(16,17)18)24-13(21-9)4-6-20-14-8-11(3-5-19)22-10(2)23-14/h7-8H,3-6,19H2,1-2H3,(H,20,22,23). The van der Waals surface area contributed by atoms with Crippen LogP contribution in [0.25, 0.3) is 0 Å². The number of aromatic nitrogens is 4. The van der Waals surface area contributed by atoms with Gasteiger partial charge in [-0.25, -0.2) is 19.9 Å². The van der Waals surface area contributed by atoms with Crippen molar-refractivity contribution >= 4 is 5.82 Å². The molecule has 0 unspecified atom stereocenters. The van der Waals surface area contributed by atoms with Gasteiger partial charge in [-0.15, -0.1) is 0 Å². The van der Waals surface area contributed by atoms with Crippen molar-refractivity contribution in [2.75, 3.05) is 18.4 Å². The van der Waals surface area contributed by atoms with Gasteiger partial charge in [-0.2, -0.15) is 13.2 Å². The molecule has 6 nitrogen and oxygen atoms in total. The summed E-state index contributed by atoms with van der Waals surface area (Å²) in [7, 11) is 0. The lowest BCUT2D eigenvalue weighted by Gasteiger charge is -2.10. The maximum atomic E-state index is 12.8. The number of hydrogen-bond donors (Lipinski definition) is 2. The van der Waals surface area contributed by atoms with Crippen LogP contribution in [0.2, 0.25) is 0 Å². The molecule has 24 heavy (non-hydrogen) atoms. The zero-order valence-corrected chi connectivity index (χ0v) is 13.5. The number of nitrogens with one attached hydrogen (secondary N) is 1. The maximum Gasteiger partial charge on any atom is 0.433 e. The molecule has 0 amide bonds. The van der Waals surface area contributed by atoms with E-state index in [2.05, 4.69) is 25.3 Å². The monoisotopic (exact) mass is 340 g/mol. The summed E-state index contributed by atoms with van der Waals surface area (Å²) in [5.74, 6) is 1.35. The lowest BCUT2D eigenvalue weighted by atomic mass is 10.2. The molecule has 2 heterocycles. The van der Waals surface area contributed by atoms with E-state index in [-0.39, 0.29) is 17.9 Å². The molecule has 0 aliphatic rings. The molecular formula is C15H19F3N6. The number of halogens is 3. The first-order valence-electron chi connectivity index (χ1n) is 7.48. The van der Waals surface area contributed by atoms with Crippen LogP contribution in [-0.4, -0.2) is 33.0 Å². The zero-order chi connectivity index (χ0) is 17.7. The Hall–Kier alpha value is -2.29. The van der Waals surface area contributed by atoms with E-state index in [1.165, 1.54) is 6.92 Å². The highest BCUT2D eigenvalue weighted by Crippen LogP contribution is 2.27. The fraction of sp³-hybridized carbons (Fsp3) is 0.467. The number of hydrogen-bond acceptors (Lipinski definition) is 6. The molecule has 2 rings (SSSR count). The van der Waals surface area contributed by atoms with Crippen LogP contribution < -0.4 is 11.1 Å². The third-order valence-electron chi connectivity index (χ3n) is 3.14. The lowest BCUT2D eigenvalue weighted by molar-refractivity contribution is -0.141. The molecular weight excluding hydrogens is 321 g/mol. The topological polar surface area (TPSA) is 89.6 Å². The second-order valence-corrected chi connectivity index (χ2v) is 5.32. The van der Waals surface area contributed by atoms with Gasteiger partial charge in [0.2, 0.25) is 0 Å². The van der Waals surface area contributed by atoms with Crippen LogP contribution in [-0.2, 0) is 19.0 Å². The number of rotatable bonds is 6. The smallest absolute Gasteiger partial charge is 0.370 e. The van der Waals surface area contributed by atoms with Gasteiger partial charge in [0.25, 0.3) is 0 Å². The first-order valence-corrected chi connectivity index (χ1v) is 7.48. The first kappa shape index (κ1) is 18.1. The van der Waals surface area contributed by atoms with Crippen LogP contribution >= 0.6 is 0 Å². The first-order chi connectivity index (χ1) is 11.3. The van der Waals surface area contributed by atoms with Crippen molar-refractivity contribution in [3.05, 3.63) is 40.9 Å². The van der Waals surface area contributed by atoms with E-state index < -0.39 is 11.9 Å². The molecule has 0 fully saturated rings. The number of anilines is 1. The van der Waals surface area contributed by atoms with Crippen LogP contribution in [0.3, 0.4) is 0 Å². The summed E-state index contributed by atoms with van der Waals surface area (Å²) in [6.07, 6.45) is -3.59. The summed E-state index contributed by atoms with van der Waals surface area (Å²) < 4.78 is 38.3. The summed E-state index contributed by atoms with van der Waals surface area (Å²) in [4.78, 5) is 16.1. The zero-order valence-electron chi connectivity index (χ0n) is 13.5. The van der Waals surface area contributed by atoms with Gasteiger partial charge >= 0.3 is 6.18 Å². The van der Waals surface area contributed by atoms with Crippen LogP contribution in [0.5, 0.6) is 0 Å². The van der Waals surface area contributed by atoms with Gasteiger partial charge < -0.3 is 11.1 Å². The second-order valence-electron chi connectivity index (χ2n) is 5.32. The maximum absolute atomic E-state index is 12.8. The molecule has 130 valence electrons. The minimum absolute atomic E-state index is 0.141. The number of nitrogens with two attached hydrogens (primary N) is 1. The average molecular weight is 340 g/mol. The quantitative estimate of drug-likeness (QED) is 0.837. The van der Waals surface area contributed by atoms with Gasteiger partial charge in [-0.05, 0) is 26.5 Å². The van der Waals surface area contributed by atoms with Crippen molar-refractivity contribution in [2.45, 2.75) is 32.9 Å². The van der Waals surface area contributed by atoms with Crippen molar-refractivity contribution in [2.24, 2.45) is 5.73 Å². The van der Waals surface area contributed by atoms with Gasteiger partial charge in [0.15, 0.2) is 0 Å². The Morgan fingerprint density at radius 1 is 1.04 bits per heavy atom. The van der Waals surface area contributed by atoms with Crippen molar-refractivity contribution in [1.82, 2.24) is 19.9 Å². The van der Waals surface area contributed by atoms with Crippen molar-refractivity contribution in [3.63, 3.8) is 0 Å². The van der Waals surface area contributed by atoms with E-state index in [0.717, 1.165) is 11.8 Å². The molecule has 2 aromatic rings. The highest BCUT2D eigenvalue weighted by Gasteiger charge is 2.33. The largest absolute Gasteiger partial charge is 0.433 e. The van der Waals surface area contributed by atoms with Crippen LogP contribution in [0.15, 0.2) is 12.1 Å². The minimum Gasteiger partial charge on any atom is -0.370 e. The molecule has 3 N–H and O–H groups in total. The molecule has 0 radical (unpaired) electrons. The van der Waals surface area contributed by atoms with E-state index in [1.54, 1.807) is 13.0 Å². The van der Waals surface area contributed by atoms with Gasteiger partial charge in [-0.1, -0.05) is 0 Å². The fourth-order valence-corrected chi connectivity index (χ4v) is 2.19. The van der Waals surface area contributed by atoms with Gasteiger partial charge in [0, 0.05) is 36.8 Å². The van der Waals surface area contributed by atoms with Gasteiger partial charge in [-0.3, -0.25) is 0 Å². The second kappa shape index (κ2) is 7.52. The van der Waals surface area contributed by atoms with Crippen LogP contribution in [0.1, 0.15) is 28.7 Å². The van der Waals surface area contributed by atoms with Gasteiger partial charge in [0.1, 0.15) is 23.2 Å². The Bertz CT molecular complexity index is 702. The number of alkyl halides is 3. The van der Waals surface area contributed by atoms with E-state index in [4.69, 9.17) is 5.73 Å². The SMILES string of the molecule is Cc1cc(C(F)(F)F)nc(CCNc2cc(CCN)nc(C)n2)n1. The van der Waals surface area contributed by atoms with Gasteiger partial charge in [0.05, 0.1) is 0 Å². The fourth-order valence-electron chi connectivity index (χ4n) is 2.19. The summed E-state index contributed by atoms with van der Waals surface area (Å²) in [5, 5.41) is 3.06. The Balaban J connectivity index is 2.03. The Labute approximate surface area is 137 Å². The molecule has 0 aromatic carbocycles. The average Bonchev–Trinajstić information content (AvgIpc) is 2.45. The van der Waals surface area contributed by atoms with E-state index in [9.17, 15) is 13.2 Å². The minimum atomic E-state index is -4.48. The third kappa shape index (κ3) is 5.12. The Kier molecular flexibility index (Phi) is 5.66. The van der Waals surface area contributed by atoms with E-state index >= 15 is 0 Å². The summed E-state index contributed by atoms with van der Waals surface area (Å²) in [6, 6.07) is 2.71. The molecule has 2 aromatic heterocycles. The molecule has 0 aliphatic heterocycles. The molecule has 0 saturated carbocycles. The highest BCUT2D eigenvalue weighted by atomic mass is 19.4. The van der Waals surface area contributed by atoms with Crippen molar-refractivity contribution < 1.29 is 13.2 Å². The predicted molar refractivity (Wildman–Crippen MR) is 83.5 cm³/mol.